The van der Waals surface area contributed by atoms with Gasteiger partial charge in [0.15, 0.2) is 0 Å². The van der Waals surface area contributed by atoms with Crippen LogP contribution in [0.1, 0.15) is 10.4 Å². The van der Waals surface area contributed by atoms with Crippen LogP contribution in [-0.4, -0.2) is 5.91 Å². The van der Waals surface area contributed by atoms with Gasteiger partial charge in [-0.1, -0.05) is 6.58 Å². The molecule has 0 radical (unpaired) electrons. The van der Waals surface area contributed by atoms with Crippen molar-refractivity contribution in [1.82, 2.24) is 5.32 Å². The molecule has 0 aromatic carbocycles. The van der Waals surface area contributed by atoms with Crippen LogP contribution in [0, 0.1) is 0 Å². The van der Waals surface area contributed by atoms with Crippen molar-refractivity contribution in [3.8, 4) is 0 Å². The van der Waals surface area contributed by atoms with Crippen LogP contribution in [0.5, 0.6) is 0 Å². The number of hydrogen-bond acceptors (Lipinski definition) is 3. The highest BCUT2D eigenvalue weighted by Gasteiger charge is 2.18. The number of anilines is 1. The molecular formula is C7H6N2OS. The van der Waals surface area contributed by atoms with Crippen molar-refractivity contribution >= 4 is 22.2 Å². The second-order valence-corrected chi connectivity index (χ2v) is 3.14. The van der Waals surface area contributed by atoms with Gasteiger partial charge < -0.3 is 10.6 Å². The number of amides is 1. The second-order valence-electron chi connectivity index (χ2n) is 2.22. The number of carbonyl (C=O) groups excluding carboxylic acids is 1. The van der Waals surface area contributed by atoms with Crippen molar-refractivity contribution in [2.24, 2.45) is 0 Å². The number of nitrogens with one attached hydrogen (secondary N) is 2. The molecule has 0 unspecified atom stereocenters. The van der Waals surface area contributed by atoms with E-state index in [1.807, 2.05) is 5.38 Å². The van der Waals surface area contributed by atoms with Crippen molar-refractivity contribution in [2.45, 2.75) is 0 Å². The predicted octanol–water partition coefficient (Wildman–Crippen LogP) is 1.37. The predicted molar refractivity (Wildman–Crippen MR) is 44.5 cm³/mol. The number of fused-ring (bicyclic) bond motifs is 1. The van der Waals surface area contributed by atoms with E-state index < -0.39 is 0 Å². The smallest absolute Gasteiger partial charge is 0.259 e. The van der Waals surface area contributed by atoms with Gasteiger partial charge >= 0.3 is 0 Å². The maximum Gasteiger partial charge on any atom is 0.259 e. The van der Waals surface area contributed by atoms with Gasteiger partial charge in [-0.2, -0.15) is 0 Å². The largest absolute Gasteiger partial charge is 0.333 e. The standard InChI is InChI=1S/C7H6N2OS/c1-4-8-6(10)5-2-3-11-7(5)9-4/h2-3,9H,1H2,(H,8,10). The lowest BCUT2D eigenvalue weighted by molar-refractivity contribution is 0.0964. The molecule has 4 heteroatoms. The summed E-state index contributed by atoms with van der Waals surface area (Å²) in [5.41, 5.74) is 0.697. The zero-order valence-corrected chi connectivity index (χ0v) is 6.49. The average Bonchev–Trinajstić information content (AvgIpc) is 2.34. The molecule has 0 aliphatic carbocycles. The Labute approximate surface area is 67.7 Å². The first-order valence-electron chi connectivity index (χ1n) is 3.12. The van der Waals surface area contributed by atoms with Crippen molar-refractivity contribution in [2.75, 3.05) is 5.32 Å². The van der Waals surface area contributed by atoms with E-state index in [0.717, 1.165) is 5.00 Å². The maximum atomic E-state index is 11.2. The SMILES string of the molecule is C=C1NC(=O)c2ccsc2N1. The molecule has 0 atom stereocenters. The summed E-state index contributed by atoms with van der Waals surface area (Å²) in [5, 5.41) is 8.29. The molecule has 0 saturated heterocycles. The van der Waals surface area contributed by atoms with Crippen LogP contribution in [0.25, 0.3) is 0 Å². The lowest BCUT2D eigenvalue weighted by atomic mass is 10.2. The molecule has 1 amide bonds. The summed E-state index contributed by atoms with van der Waals surface area (Å²) in [6.07, 6.45) is 0. The van der Waals surface area contributed by atoms with Crippen LogP contribution >= 0.6 is 11.3 Å². The molecule has 0 fully saturated rings. The van der Waals surface area contributed by atoms with Gasteiger partial charge in [0.05, 0.1) is 5.56 Å². The van der Waals surface area contributed by atoms with Gasteiger partial charge in [-0.25, -0.2) is 0 Å². The van der Waals surface area contributed by atoms with E-state index in [0.29, 0.717) is 11.4 Å². The van der Waals surface area contributed by atoms with Gasteiger partial charge in [0.25, 0.3) is 5.91 Å². The zero-order chi connectivity index (χ0) is 7.84. The third-order valence-electron chi connectivity index (χ3n) is 1.44. The molecule has 1 aromatic heterocycles. The monoisotopic (exact) mass is 166 g/mol. The normalized spacial score (nSPS) is 15.3. The van der Waals surface area contributed by atoms with E-state index in [4.69, 9.17) is 0 Å². The van der Waals surface area contributed by atoms with E-state index in [1.54, 1.807) is 6.07 Å². The average molecular weight is 166 g/mol. The molecular weight excluding hydrogens is 160 g/mol. The fourth-order valence-electron chi connectivity index (χ4n) is 0.958. The summed E-state index contributed by atoms with van der Waals surface area (Å²) in [5.74, 6) is 0.468. The first-order chi connectivity index (χ1) is 5.27. The summed E-state index contributed by atoms with van der Waals surface area (Å²) < 4.78 is 0. The Morgan fingerprint density at radius 1 is 1.45 bits per heavy atom. The second kappa shape index (κ2) is 2.10. The molecule has 0 bridgehead atoms. The highest BCUT2D eigenvalue weighted by molar-refractivity contribution is 7.14. The minimum Gasteiger partial charge on any atom is -0.333 e. The lowest BCUT2D eigenvalue weighted by Gasteiger charge is -2.16. The topological polar surface area (TPSA) is 41.1 Å². The Balaban J connectivity index is 2.52. The molecule has 1 aromatic rings. The minimum atomic E-state index is -0.0787. The summed E-state index contributed by atoms with van der Waals surface area (Å²) in [7, 11) is 0. The van der Waals surface area contributed by atoms with Crippen LogP contribution in [0.4, 0.5) is 5.00 Å². The first kappa shape index (κ1) is 6.42. The van der Waals surface area contributed by atoms with Gasteiger partial charge in [-0.15, -0.1) is 11.3 Å². The summed E-state index contributed by atoms with van der Waals surface area (Å²) in [6, 6.07) is 1.79. The zero-order valence-electron chi connectivity index (χ0n) is 5.68. The van der Waals surface area contributed by atoms with Crippen LogP contribution in [0.3, 0.4) is 0 Å². The van der Waals surface area contributed by atoms with Crippen molar-refractivity contribution in [3.63, 3.8) is 0 Å². The number of rotatable bonds is 0. The van der Waals surface area contributed by atoms with E-state index in [-0.39, 0.29) is 5.91 Å². The minimum absolute atomic E-state index is 0.0787. The molecule has 3 nitrogen and oxygen atoms in total. The van der Waals surface area contributed by atoms with E-state index in [9.17, 15) is 4.79 Å². The number of carbonyl (C=O) groups is 1. The Morgan fingerprint density at radius 3 is 3.09 bits per heavy atom. The Bertz CT molecular complexity index is 329. The highest BCUT2D eigenvalue weighted by Crippen LogP contribution is 2.26. The molecule has 0 spiro atoms. The van der Waals surface area contributed by atoms with E-state index in [1.165, 1.54) is 11.3 Å². The van der Waals surface area contributed by atoms with Crippen molar-refractivity contribution in [1.29, 1.82) is 0 Å². The van der Waals surface area contributed by atoms with Gasteiger partial charge in [-0.05, 0) is 11.4 Å². The molecule has 2 N–H and O–H groups in total. The third kappa shape index (κ3) is 0.914. The summed E-state index contributed by atoms with van der Waals surface area (Å²) in [4.78, 5) is 11.2. The first-order valence-corrected chi connectivity index (χ1v) is 4.00. The lowest BCUT2D eigenvalue weighted by Crippen LogP contribution is -2.30. The van der Waals surface area contributed by atoms with E-state index in [2.05, 4.69) is 17.2 Å². The van der Waals surface area contributed by atoms with Crippen LogP contribution < -0.4 is 10.6 Å². The third-order valence-corrected chi connectivity index (χ3v) is 2.27. The fourth-order valence-corrected chi connectivity index (χ4v) is 1.77. The molecule has 2 rings (SSSR count). The number of hydrogen-bond donors (Lipinski definition) is 2. The molecule has 11 heavy (non-hydrogen) atoms. The Hall–Kier alpha value is -1.29. The van der Waals surface area contributed by atoms with Gasteiger partial charge in [-0.3, -0.25) is 4.79 Å². The Morgan fingerprint density at radius 2 is 2.27 bits per heavy atom. The van der Waals surface area contributed by atoms with Gasteiger partial charge in [0.1, 0.15) is 10.8 Å². The maximum absolute atomic E-state index is 11.2. The molecule has 2 heterocycles. The highest BCUT2D eigenvalue weighted by atomic mass is 32.1. The summed E-state index contributed by atoms with van der Waals surface area (Å²) in [6.45, 7) is 3.61. The van der Waals surface area contributed by atoms with Crippen LogP contribution in [0.2, 0.25) is 0 Å². The molecule has 1 aliphatic rings. The molecule has 56 valence electrons. The van der Waals surface area contributed by atoms with Crippen molar-refractivity contribution in [3.05, 3.63) is 29.4 Å². The molecule has 0 saturated carbocycles. The van der Waals surface area contributed by atoms with Gasteiger partial charge in [0.2, 0.25) is 0 Å². The quantitative estimate of drug-likeness (QED) is 0.611. The van der Waals surface area contributed by atoms with Gasteiger partial charge in [0, 0.05) is 0 Å². The fraction of sp³-hybridized carbons (Fsp3) is 0. The van der Waals surface area contributed by atoms with Crippen LogP contribution in [0.15, 0.2) is 23.8 Å². The van der Waals surface area contributed by atoms with Crippen LogP contribution in [-0.2, 0) is 0 Å². The summed E-state index contributed by atoms with van der Waals surface area (Å²) >= 11 is 1.50. The molecule has 1 aliphatic heterocycles. The Kier molecular flexibility index (Phi) is 1.22. The van der Waals surface area contributed by atoms with E-state index >= 15 is 0 Å². The number of thiophene rings is 1. The van der Waals surface area contributed by atoms with Crippen molar-refractivity contribution < 1.29 is 4.79 Å².